The van der Waals surface area contributed by atoms with Crippen LogP contribution in [-0.4, -0.2) is 57.0 Å². The quantitative estimate of drug-likeness (QED) is 0.219. The number of primary amides is 1. The lowest BCUT2D eigenvalue weighted by Gasteiger charge is -2.14. The van der Waals surface area contributed by atoms with Crippen molar-refractivity contribution in [1.82, 2.24) is 45.2 Å². The number of nitrogens with zero attached hydrogens (tertiary/aromatic N) is 8. The monoisotopic (exact) mass is 655 g/mol. The Labute approximate surface area is 260 Å². The van der Waals surface area contributed by atoms with Crippen LogP contribution in [0.3, 0.4) is 0 Å². The summed E-state index contributed by atoms with van der Waals surface area (Å²) in [6.07, 6.45) is -1.64. The summed E-state index contributed by atoms with van der Waals surface area (Å²) in [5, 5.41) is 27.0. The van der Waals surface area contributed by atoms with Crippen molar-refractivity contribution < 1.29 is 22.8 Å². The largest absolute Gasteiger partial charge is 0.416 e. The molecule has 0 saturated heterocycles. The number of amides is 2. The Morgan fingerprint density at radius 3 is 2.51 bits per heavy atom. The summed E-state index contributed by atoms with van der Waals surface area (Å²) < 4.78 is 40.0. The van der Waals surface area contributed by atoms with Crippen molar-refractivity contribution in [2.75, 3.05) is 5.32 Å². The molecule has 0 aliphatic carbocycles. The molecule has 0 radical (unpaired) electrons. The molecule has 13 nitrogen and oxygen atoms in total. The summed E-state index contributed by atoms with van der Waals surface area (Å²) >= 11 is 12.4. The van der Waals surface area contributed by atoms with Gasteiger partial charge in [-0.1, -0.05) is 35.3 Å². The van der Waals surface area contributed by atoms with Gasteiger partial charge in [-0.2, -0.15) is 28.2 Å². The van der Waals surface area contributed by atoms with Gasteiger partial charge in [0.15, 0.2) is 5.82 Å². The number of aromatic nitrogens is 9. The van der Waals surface area contributed by atoms with Crippen LogP contribution in [0.5, 0.6) is 0 Å². The molecule has 0 aliphatic rings. The van der Waals surface area contributed by atoms with Gasteiger partial charge >= 0.3 is 6.18 Å². The van der Waals surface area contributed by atoms with Gasteiger partial charge in [0.05, 0.1) is 44.3 Å². The van der Waals surface area contributed by atoms with E-state index < -0.39 is 23.6 Å². The summed E-state index contributed by atoms with van der Waals surface area (Å²) in [7, 11) is 0. The lowest BCUT2D eigenvalue weighted by molar-refractivity contribution is -0.137. The van der Waals surface area contributed by atoms with Crippen LogP contribution in [0.25, 0.3) is 28.1 Å². The third kappa shape index (κ3) is 5.80. The van der Waals surface area contributed by atoms with Gasteiger partial charge < -0.3 is 11.1 Å². The Morgan fingerprint density at radius 2 is 1.82 bits per heavy atom. The normalized spacial score (nSPS) is 11.7. The molecule has 4 aromatic heterocycles. The van der Waals surface area contributed by atoms with Crippen molar-refractivity contribution in [3.63, 3.8) is 0 Å². The molecule has 228 valence electrons. The minimum atomic E-state index is -4.49. The fraction of sp³-hybridized carbons (Fsp3) is 0.111. The first-order valence-corrected chi connectivity index (χ1v) is 13.6. The Morgan fingerprint density at radius 1 is 1.07 bits per heavy atom. The maximum absolute atomic E-state index is 13.8. The molecule has 0 saturated carbocycles. The molecule has 45 heavy (non-hydrogen) atoms. The standard InChI is InChI=1S/C27H18Cl2F3N11O2/c1-12-6-14-9-35-37-22(14)20(23(33)44)21(12)36-26(45)19-8-17(39-43(19)25-18(29)7-16(28)10-34-25)11-42-40-24(38-41-42)13-2-4-15(5-3-13)27(30,31)32/h2-10H,11H2,1H3,(H2,33,44)(H,35,37)(H,36,45). The van der Waals surface area contributed by atoms with Gasteiger partial charge in [0.2, 0.25) is 5.82 Å². The SMILES string of the molecule is Cc1cc2cn[nH]c2c(C(N)=O)c1NC(=O)c1cc(Cn2nnc(-c3ccc(C(F)(F)F)cc3)n2)nn1-c1ncc(Cl)cc1Cl. The Hall–Kier alpha value is -5.35. The summed E-state index contributed by atoms with van der Waals surface area (Å²) in [5.74, 6) is -1.33. The second kappa shape index (κ2) is 11.3. The number of aromatic amines is 1. The molecule has 0 bridgehead atoms. The molecule has 6 rings (SSSR count). The van der Waals surface area contributed by atoms with E-state index in [-0.39, 0.29) is 50.9 Å². The molecule has 2 amide bonds. The number of anilines is 1. The van der Waals surface area contributed by atoms with Crippen molar-refractivity contribution in [1.29, 1.82) is 0 Å². The molecule has 18 heteroatoms. The molecule has 0 unspecified atom stereocenters. The number of hydrogen-bond acceptors (Lipinski definition) is 8. The number of carbonyl (C=O) groups excluding carboxylic acids is 2. The lowest BCUT2D eigenvalue weighted by Crippen LogP contribution is -2.22. The van der Waals surface area contributed by atoms with E-state index in [1.807, 2.05) is 0 Å². The molecule has 2 aromatic carbocycles. The number of hydrogen-bond donors (Lipinski definition) is 3. The first-order chi connectivity index (χ1) is 21.4. The van der Waals surface area contributed by atoms with Crippen LogP contribution in [0.15, 0.2) is 54.9 Å². The van der Waals surface area contributed by atoms with Crippen LogP contribution in [0.2, 0.25) is 10.0 Å². The van der Waals surface area contributed by atoms with E-state index in [2.05, 4.69) is 41.0 Å². The first-order valence-electron chi connectivity index (χ1n) is 12.8. The number of alkyl halides is 3. The minimum absolute atomic E-state index is 0.0346. The van der Waals surface area contributed by atoms with E-state index in [0.29, 0.717) is 22.0 Å². The van der Waals surface area contributed by atoms with E-state index in [9.17, 15) is 22.8 Å². The highest BCUT2D eigenvalue weighted by Gasteiger charge is 2.30. The summed E-state index contributed by atoms with van der Waals surface area (Å²) in [6, 6.07) is 8.88. The van der Waals surface area contributed by atoms with Crippen molar-refractivity contribution in [3.05, 3.63) is 93.0 Å². The summed E-state index contributed by atoms with van der Waals surface area (Å²) in [6.45, 7) is 1.59. The van der Waals surface area contributed by atoms with E-state index in [1.54, 1.807) is 13.0 Å². The molecule has 4 N–H and O–H groups in total. The number of halogens is 5. The molecule has 6 aromatic rings. The van der Waals surface area contributed by atoms with Gasteiger partial charge in [0, 0.05) is 17.1 Å². The number of aryl methyl sites for hydroxylation is 1. The molecular formula is C27H18Cl2F3N11O2. The number of H-pyrrole nitrogens is 1. The number of rotatable bonds is 7. The Bertz CT molecular complexity index is 2100. The zero-order chi connectivity index (χ0) is 32.0. The van der Waals surface area contributed by atoms with Crippen molar-refractivity contribution in [3.8, 4) is 17.2 Å². The van der Waals surface area contributed by atoms with E-state index in [4.69, 9.17) is 28.9 Å². The predicted molar refractivity (Wildman–Crippen MR) is 156 cm³/mol. The number of pyridine rings is 1. The van der Waals surface area contributed by atoms with Crippen LogP contribution in [-0.2, 0) is 12.7 Å². The zero-order valence-corrected chi connectivity index (χ0v) is 24.3. The van der Waals surface area contributed by atoms with Gasteiger partial charge in [-0.25, -0.2) is 9.67 Å². The van der Waals surface area contributed by atoms with E-state index in [1.165, 1.54) is 41.3 Å². The number of nitrogens with two attached hydrogens (primary N) is 1. The number of benzene rings is 2. The van der Waals surface area contributed by atoms with E-state index in [0.717, 1.165) is 16.9 Å². The Balaban J connectivity index is 1.35. The molecule has 4 heterocycles. The van der Waals surface area contributed by atoms with Gasteiger partial charge in [0.1, 0.15) is 12.2 Å². The average Bonchev–Trinajstić information content (AvgIpc) is 3.73. The van der Waals surface area contributed by atoms with Gasteiger partial charge in [-0.3, -0.25) is 14.7 Å². The van der Waals surface area contributed by atoms with Crippen LogP contribution >= 0.6 is 23.2 Å². The lowest BCUT2D eigenvalue weighted by atomic mass is 10.0. The second-order valence-corrected chi connectivity index (χ2v) is 10.5. The van der Waals surface area contributed by atoms with Gasteiger partial charge in [0.25, 0.3) is 11.8 Å². The third-order valence-corrected chi connectivity index (χ3v) is 7.11. The fourth-order valence-corrected chi connectivity index (χ4v) is 5.05. The summed E-state index contributed by atoms with van der Waals surface area (Å²) in [5.41, 5.74) is 6.48. The molecule has 0 fully saturated rings. The summed E-state index contributed by atoms with van der Waals surface area (Å²) in [4.78, 5) is 31.6. The van der Waals surface area contributed by atoms with Crippen molar-refractivity contribution >= 4 is 51.6 Å². The first kappa shape index (κ1) is 29.7. The fourth-order valence-electron chi connectivity index (χ4n) is 4.59. The maximum atomic E-state index is 13.8. The molecular weight excluding hydrogens is 638 g/mol. The predicted octanol–water partition coefficient (Wildman–Crippen LogP) is 4.83. The highest BCUT2D eigenvalue weighted by atomic mass is 35.5. The second-order valence-electron chi connectivity index (χ2n) is 9.71. The van der Waals surface area contributed by atoms with Crippen molar-refractivity contribution in [2.45, 2.75) is 19.6 Å². The van der Waals surface area contributed by atoms with Crippen LogP contribution in [0, 0.1) is 6.92 Å². The molecule has 0 spiro atoms. The van der Waals surface area contributed by atoms with Crippen LogP contribution < -0.4 is 11.1 Å². The number of nitrogens with one attached hydrogen (secondary N) is 2. The van der Waals surface area contributed by atoms with Crippen LogP contribution in [0.1, 0.15) is 37.7 Å². The number of carbonyl (C=O) groups is 2. The van der Waals surface area contributed by atoms with Gasteiger partial charge in [-0.05, 0) is 48.0 Å². The average molecular weight is 656 g/mol. The highest BCUT2D eigenvalue weighted by molar-refractivity contribution is 6.35. The van der Waals surface area contributed by atoms with Crippen molar-refractivity contribution in [2.24, 2.45) is 5.73 Å². The highest BCUT2D eigenvalue weighted by Crippen LogP contribution is 2.31. The third-order valence-electron chi connectivity index (χ3n) is 6.63. The molecule has 0 atom stereocenters. The maximum Gasteiger partial charge on any atom is 0.416 e. The smallest absolute Gasteiger partial charge is 0.365 e. The van der Waals surface area contributed by atoms with Gasteiger partial charge in [-0.15, -0.1) is 10.2 Å². The van der Waals surface area contributed by atoms with E-state index >= 15 is 0 Å². The van der Waals surface area contributed by atoms with Crippen LogP contribution in [0.4, 0.5) is 18.9 Å². The number of fused-ring (bicyclic) bond motifs is 1. The molecule has 0 aliphatic heterocycles. The minimum Gasteiger partial charge on any atom is -0.365 e. The Kier molecular flexibility index (Phi) is 7.46. The number of tetrazole rings is 1. The zero-order valence-electron chi connectivity index (χ0n) is 22.8. The topological polar surface area (TPSA) is 175 Å².